The van der Waals surface area contributed by atoms with Gasteiger partial charge in [0, 0.05) is 13.6 Å². The third-order valence-corrected chi connectivity index (χ3v) is 3.49. The molecule has 96 valence electrons. The lowest BCUT2D eigenvalue weighted by Gasteiger charge is -2.05. The van der Waals surface area contributed by atoms with E-state index in [9.17, 15) is 12.8 Å². The number of nitrogens with one attached hydrogen (secondary N) is 2. The molecule has 0 aromatic heterocycles. The second-order valence-corrected chi connectivity index (χ2v) is 5.39. The third-order valence-electron chi connectivity index (χ3n) is 2.37. The molecule has 0 saturated heterocycles. The average Bonchev–Trinajstić information content (AvgIpc) is 2.31. The number of halogens is 1. The van der Waals surface area contributed by atoms with Crippen LogP contribution in [0.4, 0.5) is 4.39 Å². The van der Waals surface area contributed by atoms with Gasteiger partial charge < -0.3 is 0 Å². The van der Waals surface area contributed by atoms with Crippen LogP contribution in [0.25, 0.3) is 0 Å². The molecule has 17 heavy (non-hydrogen) atoms. The molecule has 0 aliphatic carbocycles. The summed E-state index contributed by atoms with van der Waals surface area (Å²) < 4.78 is 39.2. The van der Waals surface area contributed by atoms with Crippen LogP contribution >= 0.6 is 0 Å². The van der Waals surface area contributed by atoms with E-state index < -0.39 is 10.2 Å². The highest BCUT2D eigenvalue weighted by molar-refractivity contribution is 7.87. The minimum atomic E-state index is -3.32. The second kappa shape index (κ2) is 6.68. The summed E-state index contributed by atoms with van der Waals surface area (Å²) in [7, 11) is -1.96. The number of hydrogen-bond acceptors (Lipinski definition) is 2. The number of benzene rings is 1. The lowest BCUT2D eigenvalue weighted by molar-refractivity contribution is 0.568. The van der Waals surface area contributed by atoms with Crippen LogP contribution in [0, 0.1) is 5.82 Å². The summed E-state index contributed by atoms with van der Waals surface area (Å²) >= 11 is 0. The summed E-state index contributed by atoms with van der Waals surface area (Å²) in [6, 6.07) is 6.35. The van der Waals surface area contributed by atoms with E-state index in [0.717, 1.165) is 24.8 Å². The van der Waals surface area contributed by atoms with Crippen molar-refractivity contribution in [3.63, 3.8) is 0 Å². The van der Waals surface area contributed by atoms with Crippen LogP contribution in [0.5, 0.6) is 0 Å². The zero-order chi connectivity index (χ0) is 12.7. The Morgan fingerprint density at radius 1 is 1.18 bits per heavy atom. The topological polar surface area (TPSA) is 58.2 Å². The first kappa shape index (κ1) is 14.1. The number of unbranched alkanes of at least 4 members (excludes halogenated alkanes) is 1. The summed E-state index contributed by atoms with van der Waals surface area (Å²) in [5, 5.41) is 0. The highest BCUT2D eigenvalue weighted by Crippen LogP contribution is 2.06. The Labute approximate surface area is 101 Å². The van der Waals surface area contributed by atoms with Crippen molar-refractivity contribution in [1.29, 1.82) is 0 Å². The Hall–Kier alpha value is -0.980. The summed E-state index contributed by atoms with van der Waals surface area (Å²) in [6.07, 6.45) is 2.43. The second-order valence-electron chi connectivity index (χ2n) is 3.69. The molecule has 0 radical (unpaired) electrons. The Morgan fingerprint density at radius 3 is 2.41 bits per heavy atom. The lowest BCUT2D eigenvalue weighted by Crippen LogP contribution is -2.34. The Morgan fingerprint density at radius 2 is 1.82 bits per heavy atom. The van der Waals surface area contributed by atoms with Gasteiger partial charge in [0.05, 0.1) is 0 Å². The van der Waals surface area contributed by atoms with Crippen LogP contribution in [0.3, 0.4) is 0 Å². The van der Waals surface area contributed by atoms with Crippen molar-refractivity contribution in [2.45, 2.75) is 19.3 Å². The molecule has 1 rings (SSSR count). The lowest BCUT2D eigenvalue weighted by atomic mass is 10.1. The third kappa shape index (κ3) is 5.76. The number of aryl methyl sites for hydroxylation is 1. The summed E-state index contributed by atoms with van der Waals surface area (Å²) in [6.45, 7) is 0.407. The molecule has 4 nitrogen and oxygen atoms in total. The van der Waals surface area contributed by atoms with E-state index in [-0.39, 0.29) is 5.82 Å². The van der Waals surface area contributed by atoms with Crippen molar-refractivity contribution in [3.05, 3.63) is 35.6 Å². The number of hydrogen-bond donors (Lipinski definition) is 2. The smallest absolute Gasteiger partial charge is 0.207 e. The van der Waals surface area contributed by atoms with Crippen molar-refractivity contribution in [3.8, 4) is 0 Å². The molecular formula is C11H17FN2O2S. The Bertz CT molecular complexity index is 431. The predicted molar refractivity (Wildman–Crippen MR) is 65.3 cm³/mol. The van der Waals surface area contributed by atoms with Gasteiger partial charge in [0.15, 0.2) is 0 Å². The molecule has 0 atom stereocenters. The van der Waals surface area contributed by atoms with E-state index in [1.807, 2.05) is 0 Å². The molecule has 0 heterocycles. The van der Waals surface area contributed by atoms with Crippen LogP contribution < -0.4 is 9.44 Å². The Kier molecular flexibility index (Phi) is 5.54. The highest BCUT2D eigenvalue weighted by atomic mass is 32.2. The molecule has 0 spiro atoms. The van der Waals surface area contributed by atoms with Gasteiger partial charge in [0.25, 0.3) is 10.2 Å². The van der Waals surface area contributed by atoms with Gasteiger partial charge in [-0.3, -0.25) is 0 Å². The van der Waals surface area contributed by atoms with E-state index in [1.54, 1.807) is 12.1 Å². The molecule has 0 unspecified atom stereocenters. The SMILES string of the molecule is CNS(=O)(=O)NCCCCc1ccc(F)cc1. The van der Waals surface area contributed by atoms with Crippen LogP contribution in [0.15, 0.2) is 24.3 Å². The standard InChI is InChI=1S/C11H17FN2O2S/c1-13-17(15,16)14-9-3-2-4-10-5-7-11(12)8-6-10/h5-8,13-14H,2-4,9H2,1H3. The van der Waals surface area contributed by atoms with Gasteiger partial charge in [-0.25, -0.2) is 13.8 Å². The fraction of sp³-hybridized carbons (Fsp3) is 0.455. The van der Waals surface area contributed by atoms with E-state index in [4.69, 9.17) is 0 Å². The Balaban J connectivity index is 2.19. The summed E-state index contributed by atoms with van der Waals surface area (Å²) in [5.74, 6) is -0.240. The van der Waals surface area contributed by atoms with Crippen LogP contribution in [-0.4, -0.2) is 22.0 Å². The first-order valence-electron chi connectivity index (χ1n) is 5.46. The van der Waals surface area contributed by atoms with Gasteiger partial charge in [-0.05, 0) is 37.0 Å². The molecular weight excluding hydrogens is 243 g/mol. The van der Waals surface area contributed by atoms with Crippen molar-refractivity contribution in [1.82, 2.24) is 9.44 Å². The van der Waals surface area contributed by atoms with E-state index >= 15 is 0 Å². The summed E-state index contributed by atoms with van der Waals surface area (Å²) in [4.78, 5) is 0. The zero-order valence-electron chi connectivity index (χ0n) is 9.74. The normalized spacial score (nSPS) is 11.6. The van der Waals surface area contributed by atoms with Crippen LogP contribution in [0.1, 0.15) is 18.4 Å². The van der Waals surface area contributed by atoms with Gasteiger partial charge in [-0.2, -0.15) is 8.42 Å². The highest BCUT2D eigenvalue weighted by Gasteiger charge is 2.03. The monoisotopic (exact) mass is 260 g/mol. The van der Waals surface area contributed by atoms with Crippen LogP contribution in [0.2, 0.25) is 0 Å². The molecule has 0 fully saturated rings. The first-order chi connectivity index (χ1) is 8.03. The first-order valence-corrected chi connectivity index (χ1v) is 6.94. The molecule has 0 amide bonds. The predicted octanol–water partition coefficient (Wildman–Crippen LogP) is 1.20. The molecule has 0 aliphatic rings. The molecule has 0 saturated carbocycles. The minimum absolute atomic E-state index is 0.240. The fourth-order valence-corrected chi connectivity index (χ4v) is 1.94. The van der Waals surface area contributed by atoms with Gasteiger partial charge in [0.1, 0.15) is 5.82 Å². The van der Waals surface area contributed by atoms with E-state index in [2.05, 4.69) is 9.44 Å². The maximum Gasteiger partial charge on any atom is 0.276 e. The quantitative estimate of drug-likeness (QED) is 0.724. The van der Waals surface area contributed by atoms with Crippen molar-refractivity contribution in [2.75, 3.05) is 13.6 Å². The fourth-order valence-electron chi connectivity index (χ4n) is 1.38. The maximum atomic E-state index is 12.6. The van der Waals surface area contributed by atoms with Crippen molar-refractivity contribution in [2.24, 2.45) is 0 Å². The average molecular weight is 260 g/mol. The molecule has 0 aliphatic heterocycles. The zero-order valence-corrected chi connectivity index (χ0v) is 10.6. The molecule has 0 bridgehead atoms. The van der Waals surface area contributed by atoms with E-state index in [1.165, 1.54) is 19.2 Å². The van der Waals surface area contributed by atoms with Gasteiger partial charge in [-0.15, -0.1) is 0 Å². The molecule has 2 N–H and O–H groups in total. The minimum Gasteiger partial charge on any atom is -0.207 e. The molecule has 1 aromatic rings. The maximum absolute atomic E-state index is 12.6. The van der Waals surface area contributed by atoms with Gasteiger partial charge >= 0.3 is 0 Å². The van der Waals surface area contributed by atoms with Crippen LogP contribution in [-0.2, 0) is 16.6 Å². The molecule has 1 aromatic carbocycles. The van der Waals surface area contributed by atoms with Crippen molar-refractivity contribution >= 4 is 10.2 Å². The molecule has 6 heteroatoms. The van der Waals surface area contributed by atoms with Gasteiger partial charge in [0.2, 0.25) is 0 Å². The van der Waals surface area contributed by atoms with E-state index in [0.29, 0.717) is 6.54 Å². The number of rotatable bonds is 7. The largest absolute Gasteiger partial charge is 0.276 e. The summed E-state index contributed by atoms with van der Waals surface area (Å²) in [5.41, 5.74) is 1.06. The van der Waals surface area contributed by atoms with Gasteiger partial charge in [-0.1, -0.05) is 12.1 Å². The van der Waals surface area contributed by atoms with Crippen molar-refractivity contribution < 1.29 is 12.8 Å².